The Labute approximate surface area is 110 Å². The van der Waals surface area contributed by atoms with Gasteiger partial charge >= 0.3 is 5.97 Å². The maximum absolute atomic E-state index is 12.3. The highest BCUT2D eigenvalue weighted by Crippen LogP contribution is 2.35. The molecule has 0 amide bonds. The second kappa shape index (κ2) is 6.91. The first-order chi connectivity index (χ1) is 8.51. The monoisotopic (exact) mass is 254 g/mol. The van der Waals surface area contributed by atoms with Crippen molar-refractivity contribution in [3.63, 3.8) is 0 Å². The molecule has 0 saturated heterocycles. The lowest BCUT2D eigenvalue weighted by molar-refractivity contribution is -0.151. The molecule has 1 fully saturated rings. The van der Waals surface area contributed by atoms with E-state index in [0.717, 1.165) is 31.6 Å². The number of rotatable bonds is 5. The molecule has 1 saturated carbocycles. The van der Waals surface area contributed by atoms with Crippen molar-refractivity contribution in [2.75, 3.05) is 7.11 Å². The molecule has 0 heterocycles. The maximum atomic E-state index is 12.3. The Kier molecular flexibility index (Phi) is 5.83. The zero-order valence-electron chi connectivity index (χ0n) is 12.1. The van der Waals surface area contributed by atoms with E-state index >= 15 is 0 Å². The molecule has 1 atom stereocenters. The second-order valence-electron chi connectivity index (χ2n) is 5.74. The molecule has 18 heavy (non-hydrogen) atoms. The molecule has 0 aromatic carbocycles. The number of methoxy groups -OCH3 is 1. The van der Waals surface area contributed by atoms with Gasteiger partial charge in [-0.2, -0.15) is 0 Å². The minimum Gasteiger partial charge on any atom is -0.468 e. The van der Waals surface area contributed by atoms with Crippen LogP contribution < -0.4 is 0 Å². The van der Waals surface area contributed by atoms with E-state index in [9.17, 15) is 9.59 Å². The van der Waals surface area contributed by atoms with Gasteiger partial charge < -0.3 is 4.74 Å². The Morgan fingerprint density at radius 1 is 1.17 bits per heavy atom. The van der Waals surface area contributed by atoms with Gasteiger partial charge in [-0.15, -0.1) is 0 Å². The van der Waals surface area contributed by atoms with E-state index < -0.39 is 5.92 Å². The molecule has 0 aliphatic heterocycles. The quantitative estimate of drug-likeness (QED) is 0.559. The molecule has 0 bridgehead atoms. The zero-order chi connectivity index (χ0) is 13.7. The Hall–Kier alpha value is -0.860. The van der Waals surface area contributed by atoms with Crippen LogP contribution in [-0.2, 0) is 14.3 Å². The highest BCUT2D eigenvalue weighted by molar-refractivity contribution is 6.00. The standard InChI is InChI=1S/C15H26O3/c1-5-13(15(17)18-4)14(16)12-8-6-11(7-9-12)10(2)3/h10-13H,5-9H2,1-4H3. The smallest absolute Gasteiger partial charge is 0.316 e. The van der Waals surface area contributed by atoms with Crippen LogP contribution in [0.25, 0.3) is 0 Å². The number of carbonyl (C=O) groups excluding carboxylic acids is 2. The summed E-state index contributed by atoms with van der Waals surface area (Å²) in [5.41, 5.74) is 0. The van der Waals surface area contributed by atoms with Crippen LogP contribution >= 0.6 is 0 Å². The lowest BCUT2D eigenvalue weighted by Gasteiger charge is -2.31. The van der Waals surface area contributed by atoms with E-state index in [1.807, 2.05) is 6.92 Å². The van der Waals surface area contributed by atoms with Gasteiger partial charge in [-0.25, -0.2) is 0 Å². The van der Waals surface area contributed by atoms with Crippen molar-refractivity contribution in [3.05, 3.63) is 0 Å². The van der Waals surface area contributed by atoms with Crippen LogP contribution in [0.15, 0.2) is 0 Å². The molecule has 1 rings (SSSR count). The van der Waals surface area contributed by atoms with Gasteiger partial charge in [0.25, 0.3) is 0 Å². The topological polar surface area (TPSA) is 43.4 Å². The van der Waals surface area contributed by atoms with Crippen molar-refractivity contribution in [3.8, 4) is 0 Å². The minimum absolute atomic E-state index is 0.0732. The Morgan fingerprint density at radius 2 is 1.72 bits per heavy atom. The number of ether oxygens (including phenoxy) is 1. The molecule has 3 nitrogen and oxygen atoms in total. The summed E-state index contributed by atoms with van der Waals surface area (Å²) >= 11 is 0. The molecule has 1 aliphatic rings. The van der Waals surface area contributed by atoms with E-state index in [-0.39, 0.29) is 17.7 Å². The van der Waals surface area contributed by atoms with Crippen LogP contribution in [0.2, 0.25) is 0 Å². The van der Waals surface area contributed by atoms with Crippen molar-refractivity contribution in [2.45, 2.75) is 52.9 Å². The van der Waals surface area contributed by atoms with Crippen molar-refractivity contribution in [2.24, 2.45) is 23.7 Å². The Balaban J connectivity index is 2.56. The van der Waals surface area contributed by atoms with Gasteiger partial charge in [0.05, 0.1) is 7.11 Å². The third kappa shape index (κ3) is 3.56. The van der Waals surface area contributed by atoms with Gasteiger partial charge in [-0.1, -0.05) is 20.8 Å². The zero-order valence-corrected chi connectivity index (χ0v) is 12.1. The van der Waals surface area contributed by atoms with Crippen LogP contribution in [0.3, 0.4) is 0 Å². The van der Waals surface area contributed by atoms with Crippen LogP contribution in [0, 0.1) is 23.7 Å². The molecule has 1 aliphatic carbocycles. The summed E-state index contributed by atoms with van der Waals surface area (Å²) < 4.78 is 4.71. The number of hydrogen-bond donors (Lipinski definition) is 0. The number of carbonyl (C=O) groups is 2. The molecule has 0 radical (unpaired) electrons. The molecule has 104 valence electrons. The molecule has 0 aromatic heterocycles. The van der Waals surface area contributed by atoms with Crippen molar-refractivity contribution in [1.29, 1.82) is 0 Å². The predicted octanol–water partition coefficient (Wildman–Crippen LogP) is 3.22. The molecular formula is C15H26O3. The van der Waals surface area contributed by atoms with Gasteiger partial charge in [0.1, 0.15) is 11.7 Å². The first-order valence-electron chi connectivity index (χ1n) is 7.12. The second-order valence-corrected chi connectivity index (χ2v) is 5.74. The van der Waals surface area contributed by atoms with Gasteiger partial charge in [0.2, 0.25) is 0 Å². The summed E-state index contributed by atoms with van der Waals surface area (Å²) in [6, 6.07) is 0. The highest BCUT2D eigenvalue weighted by atomic mass is 16.5. The van der Waals surface area contributed by atoms with Crippen LogP contribution in [-0.4, -0.2) is 18.9 Å². The molecule has 1 unspecified atom stereocenters. The van der Waals surface area contributed by atoms with Gasteiger partial charge in [-0.3, -0.25) is 9.59 Å². The minimum atomic E-state index is -0.546. The van der Waals surface area contributed by atoms with Crippen molar-refractivity contribution < 1.29 is 14.3 Å². The fourth-order valence-electron chi connectivity index (χ4n) is 2.98. The SMILES string of the molecule is CCC(C(=O)OC)C(=O)C1CCC(C(C)C)CC1. The maximum Gasteiger partial charge on any atom is 0.316 e. The third-order valence-corrected chi connectivity index (χ3v) is 4.35. The average molecular weight is 254 g/mol. The van der Waals surface area contributed by atoms with E-state index in [4.69, 9.17) is 4.74 Å². The van der Waals surface area contributed by atoms with E-state index in [2.05, 4.69) is 13.8 Å². The first-order valence-corrected chi connectivity index (χ1v) is 7.12. The van der Waals surface area contributed by atoms with E-state index in [0.29, 0.717) is 12.3 Å². The average Bonchev–Trinajstić information content (AvgIpc) is 2.39. The summed E-state index contributed by atoms with van der Waals surface area (Å²) in [6.07, 6.45) is 4.66. The van der Waals surface area contributed by atoms with Gasteiger partial charge in [-0.05, 0) is 43.9 Å². The lowest BCUT2D eigenvalue weighted by Crippen LogP contribution is -2.33. The fourth-order valence-corrected chi connectivity index (χ4v) is 2.98. The highest BCUT2D eigenvalue weighted by Gasteiger charge is 2.34. The molecule has 0 spiro atoms. The largest absolute Gasteiger partial charge is 0.468 e. The summed E-state index contributed by atoms with van der Waals surface area (Å²) in [6.45, 7) is 6.37. The number of esters is 1. The molecule has 0 aromatic rings. The first kappa shape index (κ1) is 15.2. The van der Waals surface area contributed by atoms with E-state index in [1.165, 1.54) is 7.11 Å². The summed E-state index contributed by atoms with van der Waals surface area (Å²) in [5.74, 6) is 0.704. The molecular weight excluding hydrogens is 228 g/mol. The lowest BCUT2D eigenvalue weighted by atomic mass is 9.73. The van der Waals surface area contributed by atoms with Gasteiger partial charge in [0.15, 0.2) is 0 Å². The van der Waals surface area contributed by atoms with Crippen LogP contribution in [0.1, 0.15) is 52.9 Å². The molecule has 3 heteroatoms. The molecule has 0 N–H and O–H groups in total. The number of ketones is 1. The third-order valence-electron chi connectivity index (χ3n) is 4.35. The van der Waals surface area contributed by atoms with Crippen LogP contribution in [0.4, 0.5) is 0 Å². The number of Topliss-reactive ketones (excluding diaryl/α,β-unsaturated/α-hetero) is 1. The van der Waals surface area contributed by atoms with Crippen molar-refractivity contribution >= 4 is 11.8 Å². The summed E-state index contributed by atoms with van der Waals surface area (Å²) in [7, 11) is 1.36. The predicted molar refractivity (Wildman–Crippen MR) is 71.1 cm³/mol. The normalized spacial score (nSPS) is 25.8. The summed E-state index contributed by atoms with van der Waals surface area (Å²) in [4.78, 5) is 23.9. The Bertz CT molecular complexity index is 288. The van der Waals surface area contributed by atoms with Crippen LogP contribution in [0.5, 0.6) is 0 Å². The Morgan fingerprint density at radius 3 is 2.11 bits per heavy atom. The van der Waals surface area contributed by atoms with Crippen molar-refractivity contribution in [1.82, 2.24) is 0 Å². The fraction of sp³-hybridized carbons (Fsp3) is 0.867. The van der Waals surface area contributed by atoms with E-state index in [1.54, 1.807) is 0 Å². The van der Waals surface area contributed by atoms with Gasteiger partial charge in [0, 0.05) is 5.92 Å². The number of hydrogen-bond acceptors (Lipinski definition) is 3. The summed E-state index contributed by atoms with van der Waals surface area (Å²) in [5, 5.41) is 0.